The lowest BCUT2D eigenvalue weighted by Crippen LogP contribution is -2.00. The summed E-state index contributed by atoms with van der Waals surface area (Å²) in [6.45, 7) is 0. The lowest BCUT2D eigenvalue weighted by atomic mass is 10.1. The van der Waals surface area contributed by atoms with E-state index >= 15 is 0 Å². The molecule has 1 aliphatic rings. The Morgan fingerprint density at radius 1 is 0.920 bits per heavy atom. The summed E-state index contributed by atoms with van der Waals surface area (Å²) < 4.78 is 1.30. The fourth-order valence-corrected chi connectivity index (χ4v) is 5.98. The molecule has 0 amide bonds. The largest absolute Gasteiger partial charge is 0.227 e. The van der Waals surface area contributed by atoms with Crippen LogP contribution >= 0.6 is 34.7 Å². The predicted molar refractivity (Wildman–Crippen MR) is 108 cm³/mol. The zero-order valence-electron chi connectivity index (χ0n) is 13.2. The van der Waals surface area contributed by atoms with Crippen molar-refractivity contribution in [1.29, 1.82) is 0 Å². The fraction of sp³-hybridized carbons (Fsp3) is 0.100. The number of aromatic nitrogens is 2. The molecule has 122 valence electrons. The van der Waals surface area contributed by atoms with Crippen molar-refractivity contribution >= 4 is 44.8 Å². The van der Waals surface area contributed by atoms with E-state index in [0.717, 1.165) is 29.0 Å². The van der Waals surface area contributed by atoms with Gasteiger partial charge in [-0.15, -0.1) is 23.1 Å². The number of nitrogens with zero attached hydrogens (tertiary/aromatic N) is 2. The molecule has 2 aromatic heterocycles. The van der Waals surface area contributed by atoms with E-state index in [1.165, 1.54) is 19.9 Å². The topological polar surface area (TPSA) is 25.8 Å². The molecular weight excluding hydrogens is 368 g/mol. The molecule has 0 atom stereocenters. The van der Waals surface area contributed by atoms with Crippen molar-refractivity contribution < 1.29 is 0 Å². The van der Waals surface area contributed by atoms with E-state index in [1.807, 2.05) is 42.1 Å². The number of halogens is 1. The van der Waals surface area contributed by atoms with Gasteiger partial charge >= 0.3 is 0 Å². The van der Waals surface area contributed by atoms with E-state index in [4.69, 9.17) is 16.6 Å². The molecule has 2 nitrogen and oxygen atoms in total. The fourth-order valence-electron chi connectivity index (χ4n) is 3.16. The quantitative estimate of drug-likeness (QED) is 0.361. The summed E-state index contributed by atoms with van der Waals surface area (Å²) in [5.41, 5.74) is 3.06. The van der Waals surface area contributed by atoms with Gasteiger partial charge in [-0.2, -0.15) is 0 Å². The summed E-state index contributed by atoms with van der Waals surface area (Å²) in [5, 5.41) is 1.89. The minimum atomic E-state index is 0.578. The van der Waals surface area contributed by atoms with Gasteiger partial charge in [0.05, 0.1) is 10.6 Å². The molecule has 0 unspecified atom stereocenters. The second kappa shape index (κ2) is 6.13. The van der Waals surface area contributed by atoms with Gasteiger partial charge in [-0.3, -0.25) is 0 Å². The maximum absolute atomic E-state index is 6.58. The van der Waals surface area contributed by atoms with Crippen molar-refractivity contribution in [3.05, 3.63) is 65.3 Å². The molecule has 0 N–H and O–H groups in total. The van der Waals surface area contributed by atoms with Crippen molar-refractivity contribution in [3.63, 3.8) is 0 Å². The van der Waals surface area contributed by atoms with Crippen LogP contribution in [0.4, 0.5) is 0 Å². The van der Waals surface area contributed by atoms with E-state index < -0.39 is 0 Å². The van der Waals surface area contributed by atoms with E-state index in [0.29, 0.717) is 11.0 Å². The van der Waals surface area contributed by atoms with Gasteiger partial charge in [-0.05, 0) is 12.5 Å². The van der Waals surface area contributed by atoms with Crippen LogP contribution in [0.25, 0.3) is 32.0 Å². The number of fused-ring (bicyclic) bond motifs is 5. The average Bonchev–Trinajstić information content (AvgIpc) is 2.92. The van der Waals surface area contributed by atoms with Gasteiger partial charge in [0.15, 0.2) is 5.82 Å². The first kappa shape index (κ1) is 15.4. The summed E-state index contributed by atoms with van der Waals surface area (Å²) in [6, 6.07) is 18.6. The number of thioether (sulfide) groups is 1. The van der Waals surface area contributed by atoms with Gasteiger partial charge in [0, 0.05) is 31.9 Å². The lowest BCUT2D eigenvalue weighted by Gasteiger charge is -2.09. The van der Waals surface area contributed by atoms with Crippen molar-refractivity contribution in [3.8, 4) is 22.0 Å². The predicted octanol–water partition coefficient (Wildman–Crippen LogP) is 6.33. The molecule has 4 aromatic rings. The van der Waals surface area contributed by atoms with Crippen LogP contribution in [0.5, 0.6) is 0 Å². The molecule has 0 saturated carbocycles. The highest BCUT2D eigenvalue weighted by molar-refractivity contribution is 7.99. The summed E-state index contributed by atoms with van der Waals surface area (Å²) in [7, 11) is 0. The molecule has 0 fully saturated rings. The molecule has 5 rings (SSSR count). The smallest absolute Gasteiger partial charge is 0.161 e. The summed E-state index contributed by atoms with van der Waals surface area (Å²) in [6.07, 6.45) is 0.892. The Kier molecular flexibility index (Phi) is 3.77. The molecule has 25 heavy (non-hydrogen) atoms. The van der Waals surface area contributed by atoms with Crippen molar-refractivity contribution in [2.45, 2.75) is 11.3 Å². The zero-order valence-corrected chi connectivity index (χ0v) is 15.6. The first-order valence-corrected chi connectivity index (χ1v) is 10.3. The Bertz CT molecular complexity index is 1090. The lowest BCUT2D eigenvalue weighted by molar-refractivity contribution is 1.07. The normalized spacial score (nSPS) is 13.3. The molecule has 0 bridgehead atoms. The molecular formula is C20H13ClN2S2. The molecule has 3 heterocycles. The number of rotatable bonds is 1. The van der Waals surface area contributed by atoms with Gasteiger partial charge in [0.25, 0.3) is 0 Å². The van der Waals surface area contributed by atoms with Crippen LogP contribution in [0.15, 0.2) is 59.5 Å². The van der Waals surface area contributed by atoms with E-state index in [1.54, 1.807) is 11.3 Å². The van der Waals surface area contributed by atoms with Crippen LogP contribution in [0.1, 0.15) is 5.56 Å². The van der Waals surface area contributed by atoms with Gasteiger partial charge in [0.2, 0.25) is 0 Å². The first-order chi connectivity index (χ1) is 12.3. The monoisotopic (exact) mass is 380 g/mol. The molecule has 0 saturated heterocycles. The second-order valence-corrected chi connectivity index (χ2v) is 8.40. The number of benzene rings is 2. The molecule has 5 heteroatoms. The van der Waals surface area contributed by atoms with Gasteiger partial charge in [-0.25, -0.2) is 9.97 Å². The van der Waals surface area contributed by atoms with Crippen LogP contribution in [-0.4, -0.2) is 15.7 Å². The Morgan fingerprint density at radius 3 is 2.60 bits per heavy atom. The van der Waals surface area contributed by atoms with Gasteiger partial charge in [-0.1, -0.05) is 60.1 Å². The maximum Gasteiger partial charge on any atom is 0.161 e. The molecule has 2 aromatic carbocycles. The van der Waals surface area contributed by atoms with E-state index in [-0.39, 0.29) is 0 Å². The van der Waals surface area contributed by atoms with Crippen LogP contribution in [0.3, 0.4) is 0 Å². The van der Waals surface area contributed by atoms with Crippen LogP contribution < -0.4 is 0 Å². The minimum Gasteiger partial charge on any atom is -0.227 e. The second-order valence-electron chi connectivity index (χ2n) is 5.89. The van der Waals surface area contributed by atoms with Crippen molar-refractivity contribution in [2.75, 3.05) is 5.75 Å². The zero-order chi connectivity index (χ0) is 16.8. The number of hydrogen-bond donors (Lipinski definition) is 0. The molecule has 1 aliphatic heterocycles. The van der Waals surface area contributed by atoms with Crippen molar-refractivity contribution in [2.24, 2.45) is 0 Å². The Labute approximate surface area is 158 Å². The molecule has 0 radical (unpaired) electrons. The average molecular weight is 381 g/mol. The van der Waals surface area contributed by atoms with E-state index in [2.05, 4.69) is 29.2 Å². The third-order valence-corrected chi connectivity index (χ3v) is 7.09. The first-order valence-electron chi connectivity index (χ1n) is 8.08. The number of hydrogen-bond acceptors (Lipinski definition) is 4. The number of thiophene rings is 1. The molecule has 0 spiro atoms. The Hall–Kier alpha value is -1.88. The maximum atomic E-state index is 6.58. The summed E-state index contributed by atoms with van der Waals surface area (Å²) in [5.74, 6) is 1.69. The third-order valence-electron chi connectivity index (χ3n) is 4.35. The highest BCUT2D eigenvalue weighted by Gasteiger charge is 2.24. The Morgan fingerprint density at radius 2 is 1.72 bits per heavy atom. The highest BCUT2D eigenvalue weighted by Crippen LogP contribution is 2.47. The SMILES string of the molecule is Clc1nc(-c2ccccc2)nc2c1CCSc1c-2sc2ccccc12. The Balaban J connectivity index is 1.80. The van der Waals surface area contributed by atoms with Crippen molar-refractivity contribution in [1.82, 2.24) is 9.97 Å². The van der Waals surface area contributed by atoms with E-state index in [9.17, 15) is 0 Å². The standard InChI is InChI=1S/C20H13ClN2S2/c21-19-14-10-11-24-17-13-8-4-5-9-15(13)25-18(17)16(14)22-20(23-19)12-6-2-1-3-7-12/h1-9H,10-11H2. The van der Waals surface area contributed by atoms with Crippen LogP contribution in [0, 0.1) is 0 Å². The highest BCUT2D eigenvalue weighted by atomic mass is 35.5. The van der Waals surface area contributed by atoms with Gasteiger partial charge < -0.3 is 0 Å². The van der Waals surface area contributed by atoms with Crippen LogP contribution in [0.2, 0.25) is 5.15 Å². The summed E-state index contributed by atoms with van der Waals surface area (Å²) in [4.78, 5) is 12.1. The minimum absolute atomic E-state index is 0.578. The summed E-state index contributed by atoms with van der Waals surface area (Å²) >= 11 is 10.3. The van der Waals surface area contributed by atoms with Crippen LogP contribution in [-0.2, 0) is 6.42 Å². The molecule has 0 aliphatic carbocycles. The third kappa shape index (κ3) is 2.56. The van der Waals surface area contributed by atoms with Gasteiger partial charge in [0.1, 0.15) is 5.15 Å².